The largest absolute Gasteiger partial charge is 0.497 e. The summed E-state index contributed by atoms with van der Waals surface area (Å²) in [6, 6.07) is 12.0. The Kier molecular flexibility index (Phi) is 5.54. The molecule has 1 N–H and O–H groups in total. The number of benzene rings is 1. The first-order chi connectivity index (χ1) is 12.9. The highest BCUT2D eigenvalue weighted by Gasteiger charge is 2.19. The van der Waals surface area contributed by atoms with Gasteiger partial charge in [0.05, 0.1) is 19.0 Å². The Balaban J connectivity index is 1.58. The van der Waals surface area contributed by atoms with Gasteiger partial charge in [-0.25, -0.2) is 4.98 Å². The molecule has 144 valence electrons. The zero-order valence-corrected chi connectivity index (χ0v) is 16.5. The Morgan fingerprint density at radius 3 is 2.00 bits per heavy atom. The third-order valence-corrected chi connectivity index (χ3v) is 4.55. The van der Waals surface area contributed by atoms with E-state index in [9.17, 15) is 4.79 Å². The van der Waals surface area contributed by atoms with Gasteiger partial charge >= 0.3 is 0 Å². The predicted octanol–water partition coefficient (Wildman–Crippen LogP) is 2.95. The van der Waals surface area contributed by atoms with Crippen molar-refractivity contribution in [1.82, 2.24) is 10.3 Å². The summed E-state index contributed by atoms with van der Waals surface area (Å²) in [5.41, 5.74) is 2.44. The van der Waals surface area contributed by atoms with Gasteiger partial charge in [-0.1, -0.05) is 0 Å². The van der Waals surface area contributed by atoms with Gasteiger partial charge in [-0.3, -0.25) is 4.79 Å². The Morgan fingerprint density at radius 1 is 0.963 bits per heavy atom. The number of piperazine rings is 1. The molecule has 0 atom stereocenters. The van der Waals surface area contributed by atoms with Gasteiger partial charge in [0, 0.05) is 37.4 Å². The molecule has 0 aliphatic carbocycles. The van der Waals surface area contributed by atoms with Crippen LogP contribution in [-0.4, -0.2) is 49.7 Å². The molecule has 6 heteroatoms. The molecule has 1 aromatic heterocycles. The van der Waals surface area contributed by atoms with E-state index in [1.807, 2.05) is 39.0 Å². The summed E-state index contributed by atoms with van der Waals surface area (Å²) in [4.78, 5) is 21.2. The standard InChI is InChI=1S/C21H28N4O2/c1-21(2,3)23-20(26)19-10-7-17(15-22-19)25-13-11-24(12-14-25)16-5-8-18(27-4)9-6-16/h5-10,15H,11-14H2,1-4H3,(H,23,26). The summed E-state index contributed by atoms with van der Waals surface area (Å²) < 4.78 is 5.22. The molecule has 1 aliphatic heterocycles. The van der Waals surface area contributed by atoms with Crippen LogP contribution in [0, 0.1) is 0 Å². The van der Waals surface area contributed by atoms with Crippen LogP contribution in [0.5, 0.6) is 5.75 Å². The lowest BCUT2D eigenvalue weighted by Gasteiger charge is -2.37. The molecule has 1 aromatic carbocycles. The van der Waals surface area contributed by atoms with Crippen molar-refractivity contribution in [3.63, 3.8) is 0 Å². The van der Waals surface area contributed by atoms with Crippen LogP contribution in [-0.2, 0) is 0 Å². The summed E-state index contributed by atoms with van der Waals surface area (Å²) in [6.07, 6.45) is 1.79. The number of methoxy groups -OCH3 is 1. The molecule has 0 saturated carbocycles. The zero-order valence-electron chi connectivity index (χ0n) is 16.5. The van der Waals surface area contributed by atoms with E-state index in [4.69, 9.17) is 4.74 Å². The number of carbonyl (C=O) groups is 1. The van der Waals surface area contributed by atoms with Gasteiger partial charge in [0.1, 0.15) is 11.4 Å². The Hall–Kier alpha value is -2.76. The molecule has 1 saturated heterocycles. The van der Waals surface area contributed by atoms with Crippen molar-refractivity contribution in [3.8, 4) is 5.75 Å². The van der Waals surface area contributed by atoms with Gasteiger partial charge in [-0.15, -0.1) is 0 Å². The molecule has 6 nitrogen and oxygen atoms in total. The average molecular weight is 368 g/mol. The summed E-state index contributed by atoms with van der Waals surface area (Å²) >= 11 is 0. The first-order valence-electron chi connectivity index (χ1n) is 9.28. The van der Waals surface area contributed by atoms with Crippen molar-refractivity contribution in [1.29, 1.82) is 0 Å². The van der Waals surface area contributed by atoms with Gasteiger partial charge in [-0.2, -0.15) is 0 Å². The lowest BCUT2D eigenvalue weighted by Crippen LogP contribution is -2.46. The molecule has 27 heavy (non-hydrogen) atoms. The fourth-order valence-corrected chi connectivity index (χ4v) is 3.13. The monoisotopic (exact) mass is 368 g/mol. The van der Waals surface area contributed by atoms with E-state index < -0.39 is 0 Å². The Labute approximate surface area is 161 Å². The summed E-state index contributed by atoms with van der Waals surface area (Å²) in [6.45, 7) is 9.60. The summed E-state index contributed by atoms with van der Waals surface area (Å²) in [5.74, 6) is 0.734. The number of nitrogens with zero attached hydrogens (tertiary/aromatic N) is 3. The fraction of sp³-hybridized carbons (Fsp3) is 0.429. The number of anilines is 2. The minimum absolute atomic E-state index is 0.140. The third-order valence-electron chi connectivity index (χ3n) is 4.55. The van der Waals surface area contributed by atoms with Gasteiger partial charge in [0.2, 0.25) is 0 Å². The SMILES string of the molecule is COc1ccc(N2CCN(c3ccc(C(=O)NC(C)(C)C)nc3)CC2)cc1. The van der Waals surface area contributed by atoms with Crippen molar-refractivity contribution in [2.75, 3.05) is 43.1 Å². The number of carbonyl (C=O) groups excluding carboxylic acids is 1. The van der Waals surface area contributed by atoms with Crippen molar-refractivity contribution >= 4 is 17.3 Å². The number of ether oxygens (including phenoxy) is 1. The average Bonchev–Trinajstić information content (AvgIpc) is 2.67. The number of hydrogen-bond acceptors (Lipinski definition) is 5. The molecular weight excluding hydrogens is 340 g/mol. The van der Waals surface area contributed by atoms with Crippen LogP contribution in [0.1, 0.15) is 31.3 Å². The molecule has 2 heterocycles. The van der Waals surface area contributed by atoms with Crippen LogP contribution in [0.2, 0.25) is 0 Å². The van der Waals surface area contributed by atoms with Gasteiger partial charge < -0.3 is 19.9 Å². The highest BCUT2D eigenvalue weighted by atomic mass is 16.5. The minimum Gasteiger partial charge on any atom is -0.497 e. The third kappa shape index (κ3) is 4.90. The van der Waals surface area contributed by atoms with Gasteiger partial charge in [0.15, 0.2) is 0 Å². The number of hydrogen-bond donors (Lipinski definition) is 1. The highest BCUT2D eigenvalue weighted by molar-refractivity contribution is 5.92. The molecule has 0 bridgehead atoms. The maximum Gasteiger partial charge on any atom is 0.270 e. The van der Waals surface area contributed by atoms with E-state index in [0.717, 1.165) is 37.6 Å². The Morgan fingerprint density at radius 2 is 1.52 bits per heavy atom. The predicted molar refractivity (Wildman–Crippen MR) is 109 cm³/mol. The maximum atomic E-state index is 12.2. The maximum absolute atomic E-state index is 12.2. The van der Waals surface area contributed by atoms with Crippen LogP contribution in [0.25, 0.3) is 0 Å². The number of rotatable bonds is 4. The van der Waals surface area contributed by atoms with Gasteiger partial charge in [-0.05, 0) is 57.2 Å². The first-order valence-corrected chi connectivity index (χ1v) is 9.28. The molecule has 3 rings (SSSR count). The van der Waals surface area contributed by atoms with Gasteiger partial charge in [0.25, 0.3) is 5.91 Å². The lowest BCUT2D eigenvalue weighted by atomic mass is 10.1. The number of amides is 1. The van der Waals surface area contributed by atoms with Crippen LogP contribution < -0.4 is 19.9 Å². The molecule has 2 aromatic rings. The first kappa shape index (κ1) is 19.0. The van der Waals surface area contributed by atoms with Crippen LogP contribution in [0.3, 0.4) is 0 Å². The topological polar surface area (TPSA) is 57.7 Å². The molecule has 0 spiro atoms. The second-order valence-electron chi connectivity index (χ2n) is 7.78. The smallest absolute Gasteiger partial charge is 0.270 e. The quantitative estimate of drug-likeness (QED) is 0.899. The highest BCUT2D eigenvalue weighted by Crippen LogP contribution is 2.22. The van der Waals surface area contributed by atoms with E-state index >= 15 is 0 Å². The van der Waals surface area contributed by atoms with Crippen LogP contribution in [0.4, 0.5) is 11.4 Å². The molecular formula is C21H28N4O2. The van der Waals surface area contributed by atoms with Crippen molar-refractivity contribution < 1.29 is 9.53 Å². The molecule has 1 amide bonds. The van der Waals surface area contributed by atoms with Crippen molar-refractivity contribution in [3.05, 3.63) is 48.3 Å². The zero-order chi connectivity index (χ0) is 19.4. The molecule has 0 unspecified atom stereocenters. The normalized spacial score (nSPS) is 14.8. The molecule has 0 radical (unpaired) electrons. The van der Waals surface area contributed by atoms with Crippen molar-refractivity contribution in [2.24, 2.45) is 0 Å². The summed E-state index contributed by atoms with van der Waals surface area (Å²) in [5, 5.41) is 2.94. The van der Waals surface area contributed by atoms with Crippen LogP contribution >= 0.6 is 0 Å². The number of nitrogens with one attached hydrogen (secondary N) is 1. The van der Waals surface area contributed by atoms with E-state index in [0.29, 0.717) is 5.69 Å². The lowest BCUT2D eigenvalue weighted by molar-refractivity contribution is 0.0914. The second kappa shape index (κ2) is 7.86. The number of aromatic nitrogens is 1. The minimum atomic E-state index is -0.269. The van der Waals surface area contributed by atoms with Crippen LogP contribution in [0.15, 0.2) is 42.6 Å². The molecule has 1 aliphatic rings. The second-order valence-corrected chi connectivity index (χ2v) is 7.78. The van der Waals surface area contributed by atoms with E-state index in [1.165, 1.54) is 5.69 Å². The Bertz CT molecular complexity index is 758. The number of pyridine rings is 1. The summed E-state index contributed by atoms with van der Waals surface area (Å²) in [7, 11) is 1.68. The molecule has 1 fully saturated rings. The van der Waals surface area contributed by atoms with E-state index in [1.54, 1.807) is 19.4 Å². The van der Waals surface area contributed by atoms with Crippen molar-refractivity contribution in [2.45, 2.75) is 26.3 Å². The van der Waals surface area contributed by atoms with E-state index in [-0.39, 0.29) is 11.4 Å². The fourth-order valence-electron chi connectivity index (χ4n) is 3.13. The van der Waals surface area contributed by atoms with E-state index in [2.05, 4.69) is 32.2 Å².